The molecule has 154 valence electrons. The number of hydrogen-bond acceptors (Lipinski definition) is 6. The van der Waals surface area contributed by atoms with E-state index in [0.29, 0.717) is 26.2 Å². The molecular formula is C20H21FN2O4S2. The predicted molar refractivity (Wildman–Crippen MR) is 112 cm³/mol. The van der Waals surface area contributed by atoms with Gasteiger partial charge in [-0.2, -0.15) is 0 Å². The molecule has 1 aromatic heterocycles. The van der Waals surface area contributed by atoms with Gasteiger partial charge in [0, 0.05) is 42.0 Å². The quantitative estimate of drug-likeness (QED) is 0.565. The topological polar surface area (TPSA) is 75.7 Å². The number of hydrogen-bond donors (Lipinski definition) is 1. The van der Waals surface area contributed by atoms with Crippen LogP contribution in [0, 0.1) is 5.82 Å². The first-order valence-corrected chi connectivity index (χ1v) is 11.1. The van der Waals surface area contributed by atoms with Gasteiger partial charge < -0.3 is 10.1 Å². The van der Waals surface area contributed by atoms with Crippen molar-refractivity contribution in [2.75, 3.05) is 26.0 Å². The number of rotatable bonds is 7. The van der Waals surface area contributed by atoms with Crippen LogP contribution in [-0.4, -0.2) is 39.4 Å². The van der Waals surface area contributed by atoms with Gasteiger partial charge in [0.25, 0.3) is 0 Å². The maximum absolute atomic E-state index is 14.5. The zero-order chi connectivity index (χ0) is 21.2. The first kappa shape index (κ1) is 21.2. The highest BCUT2D eigenvalue weighted by Crippen LogP contribution is 2.34. The van der Waals surface area contributed by atoms with Crippen LogP contribution < -0.4 is 5.32 Å². The van der Waals surface area contributed by atoms with E-state index in [9.17, 15) is 17.6 Å². The van der Waals surface area contributed by atoms with Crippen LogP contribution in [0.4, 0.5) is 10.1 Å². The lowest BCUT2D eigenvalue weighted by Gasteiger charge is -2.13. The molecule has 0 aliphatic carbocycles. The number of halogens is 1. The monoisotopic (exact) mass is 436 g/mol. The minimum absolute atomic E-state index is 0.138. The van der Waals surface area contributed by atoms with E-state index in [2.05, 4.69) is 5.32 Å². The minimum Gasteiger partial charge on any atom is -0.462 e. The number of benzene rings is 2. The van der Waals surface area contributed by atoms with Crippen LogP contribution in [0.25, 0.3) is 10.1 Å². The average Bonchev–Trinajstić information content (AvgIpc) is 3.07. The van der Waals surface area contributed by atoms with Gasteiger partial charge >= 0.3 is 5.97 Å². The molecule has 3 rings (SSSR count). The molecule has 3 aromatic rings. The smallest absolute Gasteiger partial charge is 0.348 e. The fourth-order valence-corrected chi connectivity index (χ4v) is 4.94. The van der Waals surface area contributed by atoms with Gasteiger partial charge in [-0.3, -0.25) is 0 Å². The van der Waals surface area contributed by atoms with Crippen molar-refractivity contribution in [3.8, 4) is 0 Å². The predicted octanol–water partition coefficient (Wildman–Crippen LogP) is 4.08. The van der Waals surface area contributed by atoms with Gasteiger partial charge in [-0.25, -0.2) is 21.9 Å². The van der Waals surface area contributed by atoms with Crippen molar-refractivity contribution in [1.82, 2.24) is 4.31 Å². The van der Waals surface area contributed by atoms with Crippen molar-refractivity contribution in [1.29, 1.82) is 0 Å². The van der Waals surface area contributed by atoms with Crippen LogP contribution in [-0.2, 0) is 21.3 Å². The lowest BCUT2D eigenvalue weighted by atomic mass is 10.1. The molecule has 0 saturated heterocycles. The number of anilines is 1. The highest BCUT2D eigenvalue weighted by atomic mass is 32.2. The summed E-state index contributed by atoms with van der Waals surface area (Å²) < 4.78 is 46.1. The Morgan fingerprint density at radius 1 is 1.21 bits per heavy atom. The SMILES string of the molecule is CCOC(=O)c1sc2cccc(F)c2c1CNc1cccc(S(=O)(=O)N(C)C)c1. The Morgan fingerprint density at radius 2 is 1.93 bits per heavy atom. The van der Waals surface area contributed by atoms with Crippen molar-refractivity contribution in [2.24, 2.45) is 0 Å². The zero-order valence-corrected chi connectivity index (χ0v) is 17.9. The fourth-order valence-electron chi connectivity index (χ4n) is 2.87. The molecule has 0 unspecified atom stereocenters. The van der Waals surface area contributed by atoms with Gasteiger partial charge in [-0.05, 0) is 37.3 Å². The zero-order valence-electron chi connectivity index (χ0n) is 16.2. The first-order chi connectivity index (χ1) is 13.8. The molecule has 0 aliphatic heterocycles. The van der Waals surface area contributed by atoms with Crippen molar-refractivity contribution in [3.05, 3.63) is 58.7 Å². The van der Waals surface area contributed by atoms with Crippen molar-refractivity contribution >= 4 is 43.1 Å². The molecular weight excluding hydrogens is 415 g/mol. The maximum atomic E-state index is 14.5. The highest BCUT2D eigenvalue weighted by Gasteiger charge is 2.22. The molecule has 0 radical (unpaired) electrons. The number of sulfonamides is 1. The third-order valence-electron chi connectivity index (χ3n) is 4.31. The second-order valence-electron chi connectivity index (χ2n) is 6.41. The van der Waals surface area contributed by atoms with Crippen LogP contribution in [0.15, 0.2) is 47.4 Å². The molecule has 1 N–H and O–H groups in total. The Balaban J connectivity index is 1.97. The first-order valence-electron chi connectivity index (χ1n) is 8.89. The van der Waals surface area contributed by atoms with E-state index in [1.54, 1.807) is 31.2 Å². The molecule has 0 fully saturated rings. The van der Waals surface area contributed by atoms with Crippen LogP contribution in [0.3, 0.4) is 0 Å². The van der Waals surface area contributed by atoms with Crippen LogP contribution in [0.2, 0.25) is 0 Å². The van der Waals surface area contributed by atoms with E-state index in [1.165, 1.54) is 43.6 Å². The summed E-state index contributed by atoms with van der Waals surface area (Å²) >= 11 is 1.18. The van der Waals surface area contributed by atoms with Gasteiger partial charge in [0.2, 0.25) is 10.0 Å². The summed E-state index contributed by atoms with van der Waals surface area (Å²) in [7, 11) is -0.661. The Hall–Kier alpha value is -2.49. The number of carbonyl (C=O) groups is 1. The van der Waals surface area contributed by atoms with Gasteiger partial charge in [0.1, 0.15) is 10.7 Å². The van der Waals surface area contributed by atoms with Gasteiger partial charge in [-0.15, -0.1) is 11.3 Å². The lowest BCUT2D eigenvalue weighted by Crippen LogP contribution is -2.22. The summed E-state index contributed by atoms with van der Waals surface area (Å²) in [6.45, 7) is 2.06. The average molecular weight is 437 g/mol. The van der Waals surface area contributed by atoms with Gasteiger partial charge in [0.15, 0.2) is 0 Å². The van der Waals surface area contributed by atoms with Crippen LogP contribution in [0.1, 0.15) is 22.2 Å². The Morgan fingerprint density at radius 3 is 2.62 bits per heavy atom. The molecule has 0 atom stereocenters. The number of nitrogens with one attached hydrogen (secondary N) is 1. The summed E-state index contributed by atoms with van der Waals surface area (Å²) in [6, 6.07) is 11.0. The van der Waals surface area contributed by atoms with E-state index in [-0.39, 0.29) is 18.0 Å². The minimum atomic E-state index is -3.58. The number of ether oxygens (including phenoxy) is 1. The van der Waals surface area contributed by atoms with Crippen LogP contribution >= 0.6 is 11.3 Å². The van der Waals surface area contributed by atoms with E-state index < -0.39 is 21.8 Å². The summed E-state index contributed by atoms with van der Waals surface area (Å²) in [6.07, 6.45) is 0. The summed E-state index contributed by atoms with van der Waals surface area (Å²) in [4.78, 5) is 12.8. The van der Waals surface area contributed by atoms with E-state index >= 15 is 0 Å². The molecule has 6 nitrogen and oxygen atoms in total. The van der Waals surface area contributed by atoms with Gasteiger partial charge in [-0.1, -0.05) is 12.1 Å². The second-order valence-corrected chi connectivity index (χ2v) is 9.62. The number of carbonyl (C=O) groups excluding carboxylic acids is 1. The normalized spacial score (nSPS) is 11.8. The standard InChI is InChI=1S/C20H21FN2O4S2/c1-4-27-20(24)19-15(18-16(21)9-6-10-17(18)28-19)12-22-13-7-5-8-14(11-13)29(25,26)23(2)3/h5-11,22H,4,12H2,1-3H3. The molecule has 9 heteroatoms. The highest BCUT2D eigenvalue weighted by molar-refractivity contribution is 7.89. The Bertz CT molecular complexity index is 1160. The third kappa shape index (κ3) is 4.26. The number of nitrogens with zero attached hydrogens (tertiary/aromatic N) is 1. The molecule has 29 heavy (non-hydrogen) atoms. The molecule has 1 heterocycles. The molecule has 0 saturated carbocycles. The van der Waals surface area contributed by atoms with E-state index in [0.717, 1.165) is 4.31 Å². The summed E-state index contributed by atoms with van der Waals surface area (Å²) in [5.74, 6) is -0.927. The maximum Gasteiger partial charge on any atom is 0.348 e. The second kappa shape index (κ2) is 8.48. The third-order valence-corrected chi connectivity index (χ3v) is 7.29. The number of thiophene rings is 1. The number of esters is 1. The molecule has 0 amide bonds. The Kier molecular flexibility index (Phi) is 6.21. The summed E-state index contributed by atoms with van der Waals surface area (Å²) in [5.41, 5.74) is 1.03. The fraction of sp³-hybridized carbons (Fsp3) is 0.250. The van der Waals surface area contributed by atoms with E-state index in [1.807, 2.05) is 0 Å². The van der Waals surface area contributed by atoms with E-state index in [4.69, 9.17) is 4.74 Å². The molecule has 0 spiro atoms. The summed E-state index contributed by atoms with van der Waals surface area (Å²) in [5, 5.41) is 3.47. The molecule has 0 aliphatic rings. The Labute approximate surface area is 173 Å². The lowest BCUT2D eigenvalue weighted by molar-refractivity contribution is 0.0531. The van der Waals surface area contributed by atoms with Crippen molar-refractivity contribution in [3.63, 3.8) is 0 Å². The van der Waals surface area contributed by atoms with Crippen molar-refractivity contribution in [2.45, 2.75) is 18.4 Å². The van der Waals surface area contributed by atoms with Gasteiger partial charge in [0.05, 0.1) is 11.5 Å². The van der Waals surface area contributed by atoms with Crippen LogP contribution in [0.5, 0.6) is 0 Å². The number of fused-ring (bicyclic) bond motifs is 1. The molecule has 0 bridgehead atoms. The van der Waals surface area contributed by atoms with Crippen molar-refractivity contribution < 1.29 is 22.3 Å². The molecule has 2 aromatic carbocycles. The largest absolute Gasteiger partial charge is 0.462 e.